The molecule has 0 aliphatic carbocycles. The van der Waals surface area contributed by atoms with Gasteiger partial charge in [0.2, 0.25) is 0 Å². The second-order valence-corrected chi connectivity index (χ2v) is 8.94. The number of hydrogen-bond acceptors (Lipinski definition) is 9. The van der Waals surface area contributed by atoms with Crippen LogP contribution in [0.3, 0.4) is 0 Å². The number of piperazine rings is 1. The van der Waals surface area contributed by atoms with E-state index in [9.17, 15) is 14.0 Å². The van der Waals surface area contributed by atoms with E-state index < -0.39 is 17.5 Å². The van der Waals surface area contributed by atoms with Gasteiger partial charge in [-0.2, -0.15) is 4.68 Å². The molecule has 6 heterocycles. The van der Waals surface area contributed by atoms with Crippen molar-refractivity contribution >= 4 is 28.5 Å². The number of rotatable bonds is 5. The van der Waals surface area contributed by atoms with Crippen molar-refractivity contribution in [2.24, 2.45) is 0 Å². The van der Waals surface area contributed by atoms with Crippen molar-refractivity contribution in [1.29, 1.82) is 0 Å². The predicted octanol–water partition coefficient (Wildman–Crippen LogP) is 0.931. The lowest BCUT2D eigenvalue weighted by Gasteiger charge is -2.33. The van der Waals surface area contributed by atoms with Gasteiger partial charge in [0.15, 0.2) is 11.6 Å². The highest BCUT2D eigenvalue weighted by atomic mass is 19.1. The molecule has 1 amide bonds. The Hall–Kier alpha value is -5.01. The smallest absolute Gasteiger partial charge is 0.295 e. The maximum atomic E-state index is 14.8. The first-order chi connectivity index (χ1) is 18.1. The molecular formula is C23H18FN11O2. The highest BCUT2D eigenvalue weighted by Crippen LogP contribution is 2.35. The average Bonchev–Trinajstić information content (AvgIpc) is 3.76. The lowest BCUT2D eigenvalue weighted by atomic mass is 10.1. The van der Waals surface area contributed by atoms with E-state index in [1.807, 2.05) is 30.3 Å². The molecule has 0 saturated carbocycles. The number of ketones is 1. The molecule has 2 bridgehead atoms. The number of H-pyrrole nitrogens is 1. The van der Waals surface area contributed by atoms with E-state index in [0.717, 1.165) is 11.9 Å². The van der Waals surface area contributed by atoms with Crippen LogP contribution in [0.25, 0.3) is 22.4 Å². The van der Waals surface area contributed by atoms with Gasteiger partial charge in [-0.3, -0.25) is 9.59 Å². The molecule has 1 aromatic carbocycles. The first-order valence-electron chi connectivity index (χ1n) is 11.6. The zero-order chi connectivity index (χ0) is 25.1. The molecular weight excluding hydrogens is 481 g/mol. The van der Waals surface area contributed by atoms with Crippen molar-refractivity contribution in [3.63, 3.8) is 0 Å². The lowest BCUT2D eigenvalue weighted by molar-refractivity contribution is -0.127. The second-order valence-electron chi connectivity index (χ2n) is 8.94. The number of pyridine rings is 1. The molecule has 1 N–H and O–H groups in total. The van der Waals surface area contributed by atoms with Crippen LogP contribution in [0.4, 0.5) is 10.3 Å². The fourth-order valence-electron chi connectivity index (χ4n) is 5.27. The zero-order valence-electron chi connectivity index (χ0n) is 19.1. The maximum Gasteiger partial charge on any atom is 0.295 e. The number of hydrogen-bond donors (Lipinski definition) is 1. The van der Waals surface area contributed by atoms with Crippen LogP contribution in [0, 0.1) is 5.82 Å². The van der Waals surface area contributed by atoms with Gasteiger partial charge in [0.25, 0.3) is 17.6 Å². The molecule has 2 aliphatic rings. The van der Waals surface area contributed by atoms with Crippen molar-refractivity contribution in [2.75, 3.05) is 18.0 Å². The van der Waals surface area contributed by atoms with Crippen LogP contribution in [0.5, 0.6) is 0 Å². The van der Waals surface area contributed by atoms with Crippen LogP contribution < -0.4 is 4.90 Å². The van der Waals surface area contributed by atoms with Gasteiger partial charge < -0.3 is 14.8 Å². The van der Waals surface area contributed by atoms with Crippen molar-refractivity contribution in [1.82, 2.24) is 50.1 Å². The molecule has 0 unspecified atom stereocenters. The summed E-state index contributed by atoms with van der Waals surface area (Å²) in [7, 11) is 0. The Morgan fingerprint density at radius 3 is 2.70 bits per heavy atom. The van der Waals surface area contributed by atoms with E-state index in [2.05, 4.69) is 40.7 Å². The molecule has 37 heavy (non-hydrogen) atoms. The van der Waals surface area contributed by atoms with Crippen LogP contribution in [0.1, 0.15) is 16.8 Å². The summed E-state index contributed by atoms with van der Waals surface area (Å²) in [4.78, 5) is 37.2. The number of aromatic nitrogens is 9. The Kier molecular flexibility index (Phi) is 4.61. The Labute approximate surface area is 207 Å². The molecule has 4 aromatic heterocycles. The molecule has 2 fully saturated rings. The van der Waals surface area contributed by atoms with E-state index in [0.29, 0.717) is 25.5 Å². The van der Waals surface area contributed by atoms with Gasteiger partial charge in [0, 0.05) is 19.3 Å². The summed E-state index contributed by atoms with van der Waals surface area (Å²) in [5.41, 5.74) is 1.03. The number of carbonyl (C=O) groups excluding carboxylic acids is 2. The number of benzene rings is 1. The summed E-state index contributed by atoms with van der Waals surface area (Å²) in [6.45, 7) is 0.826. The van der Waals surface area contributed by atoms with Gasteiger partial charge in [0.1, 0.15) is 0 Å². The number of Topliss-reactive ketones (excluding diaryl/α,β-unsaturated/α-hetero) is 1. The molecule has 5 aromatic rings. The number of halogens is 1. The molecule has 13 nitrogen and oxygen atoms in total. The number of nitrogens with one attached hydrogen (secondary N) is 1. The van der Waals surface area contributed by atoms with Crippen molar-refractivity contribution < 1.29 is 14.0 Å². The predicted molar refractivity (Wildman–Crippen MR) is 126 cm³/mol. The van der Waals surface area contributed by atoms with Crippen LogP contribution in [-0.2, 0) is 4.79 Å². The summed E-state index contributed by atoms with van der Waals surface area (Å²) in [6.07, 6.45) is 6.03. The van der Waals surface area contributed by atoms with Crippen molar-refractivity contribution in [2.45, 2.75) is 18.5 Å². The summed E-state index contributed by atoms with van der Waals surface area (Å²) in [5.74, 6) is -1.31. The molecule has 14 heteroatoms. The Bertz CT molecular complexity index is 1650. The third-order valence-electron chi connectivity index (χ3n) is 6.93. The van der Waals surface area contributed by atoms with Gasteiger partial charge in [-0.15, -0.1) is 5.10 Å². The standard InChI is InChI=1S/C23H18FN11O2/c24-17-10-26-21(34-7-6-27-30-34)19-18(17)16(9-25-19)20(36)22(37)32-11-15-8-14(32)12-33(15)23-28-29-31-35(23)13-4-2-1-3-5-13/h1-7,9-10,14-15,25H,8,11-12H2/t14-,15-/m1/s1. The second kappa shape index (κ2) is 8.01. The molecule has 2 aliphatic heterocycles. The number of amides is 1. The van der Waals surface area contributed by atoms with E-state index in [1.165, 1.54) is 17.1 Å². The van der Waals surface area contributed by atoms with E-state index in [1.54, 1.807) is 15.8 Å². The SMILES string of the molecule is O=C(C(=O)N1C[C@H]2C[C@@H]1CN2c1nnnn1-c1ccccc1)c1c[nH]c2c(-n3ccnn3)ncc(F)c12. The Balaban J connectivity index is 1.14. The largest absolute Gasteiger partial charge is 0.357 e. The van der Waals surface area contributed by atoms with Crippen LogP contribution >= 0.6 is 0 Å². The van der Waals surface area contributed by atoms with Crippen molar-refractivity contribution in [3.05, 3.63) is 66.5 Å². The highest BCUT2D eigenvalue weighted by Gasteiger charge is 2.48. The molecule has 2 saturated heterocycles. The molecule has 184 valence electrons. The number of tetrazole rings is 1. The number of carbonyl (C=O) groups is 2. The zero-order valence-corrected chi connectivity index (χ0v) is 19.1. The molecule has 0 spiro atoms. The van der Waals surface area contributed by atoms with Gasteiger partial charge >= 0.3 is 0 Å². The van der Waals surface area contributed by atoms with Gasteiger partial charge in [-0.1, -0.05) is 28.5 Å². The quantitative estimate of drug-likeness (QED) is 0.276. The summed E-state index contributed by atoms with van der Waals surface area (Å²) in [5, 5.41) is 19.8. The van der Waals surface area contributed by atoms with E-state index in [4.69, 9.17) is 0 Å². The molecule has 7 rings (SSSR count). The van der Waals surface area contributed by atoms with Gasteiger partial charge in [0.05, 0.1) is 52.8 Å². The third kappa shape index (κ3) is 3.22. The number of fused-ring (bicyclic) bond motifs is 3. The summed E-state index contributed by atoms with van der Waals surface area (Å²) < 4.78 is 17.8. The highest BCUT2D eigenvalue weighted by molar-refractivity contribution is 6.45. The topological polar surface area (TPSA) is 144 Å². The third-order valence-corrected chi connectivity index (χ3v) is 6.93. The lowest BCUT2D eigenvalue weighted by Crippen LogP contribution is -2.51. The minimum atomic E-state index is -0.783. The Morgan fingerprint density at radius 2 is 1.95 bits per heavy atom. The Morgan fingerprint density at radius 1 is 1.08 bits per heavy atom. The fraction of sp³-hybridized carbons (Fsp3) is 0.217. The first kappa shape index (κ1) is 21.3. The van der Waals surface area contributed by atoms with Gasteiger partial charge in [-0.05, 0) is 29.0 Å². The first-order valence-corrected chi connectivity index (χ1v) is 11.6. The molecule has 2 atom stereocenters. The normalized spacial score (nSPS) is 18.7. The number of para-hydroxylation sites is 1. The number of likely N-dealkylation sites (tertiary alicyclic amines) is 1. The monoisotopic (exact) mass is 499 g/mol. The summed E-state index contributed by atoms with van der Waals surface area (Å²) >= 11 is 0. The minimum absolute atomic E-state index is 0.00753. The number of aromatic amines is 1. The van der Waals surface area contributed by atoms with E-state index >= 15 is 0 Å². The van der Waals surface area contributed by atoms with Crippen LogP contribution in [0.2, 0.25) is 0 Å². The minimum Gasteiger partial charge on any atom is -0.357 e. The average molecular weight is 499 g/mol. The molecule has 0 radical (unpaired) electrons. The fourth-order valence-corrected chi connectivity index (χ4v) is 5.27. The summed E-state index contributed by atoms with van der Waals surface area (Å²) in [6, 6.07) is 9.31. The van der Waals surface area contributed by atoms with Crippen molar-refractivity contribution in [3.8, 4) is 11.5 Å². The number of nitrogens with zero attached hydrogens (tertiary/aromatic N) is 10. The maximum absolute atomic E-state index is 14.8. The van der Waals surface area contributed by atoms with E-state index in [-0.39, 0.29) is 34.4 Å². The van der Waals surface area contributed by atoms with Crippen LogP contribution in [0.15, 0.2) is 55.1 Å². The van der Waals surface area contributed by atoms with Crippen LogP contribution in [-0.4, -0.2) is 86.9 Å². The number of anilines is 1. The van der Waals surface area contributed by atoms with Gasteiger partial charge in [-0.25, -0.2) is 14.1 Å².